The summed E-state index contributed by atoms with van der Waals surface area (Å²) in [7, 11) is -50.4. The molecule has 4 unspecified atom stereocenters. The van der Waals surface area contributed by atoms with Crippen molar-refractivity contribution in [2.45, 2.75) is 34.7 Å². The monoisotopic (exact) mass is 826 g/mol. The normalized spacial score (nSPS) is 19.4. The van der Waals surface area contributed by atoms with Gasteiger partial charge in [0.2, 0.25) is 0 Å². The molecule has 0 radical (unpaired) electrons. The predicted molar refractivity (Wildman–Crippen MR) is 149 cm³/mol. The van der Waals surface area contributed by atoms with Gasteiger partial charge in [-0.15, -0.1) is 0 Å². The van der Waals surface area contributed by atoms with E-state index in [1.807, 2.05) is 0 Å². The molecule has 0 aromatic heterocycles. The summed E-state index contributed by atoms with van der Waals surface area (Å²) in [6, 6.07) is 0. The summed E-state index contributed by atoms with van der Waals surface area (Å²) in [6.45, 7) is 0. The fourth-order valence-electron chi connectivity index (χ4n) is 4.93. The molecule has 0 aliphatic carbocycles. The second kappa shape index (κ2) is 14.4. The molecule has 0 amide bonds. The molecule has 0 rings (SSSR count). The van der Waals surface area contributed by atoms with Crippen LogP contribution >= 0.6 is 60.8 Å². The van der Waals surface area contributed by atoms with Gasteiger partial charge < -0.3 is 89.8 Å². The van der Waals surface area contributed by atoms with Crippen molar-refractivity contribution >= 4 is 60.8 Å². The maximum absolute atomic E-state index is 12.8. The van der Waals surface area contributed by atoms with Crippen LogP contribution in [0.5, 0.6) is 0 Å². The zero-order valence-electron chi connectivity index (χ0n) is 22.0. The molecule has 4 atom stereocenters. The summed E-state index contributed by atoms with van der Waals surface area (Å²) >= 11 is 0. The van der Waals surface area contributed by atoms with E-state index in [1.165, 1.54) is 0 Å². The van der Waals surface area contributed by atoms with E-state index >= 15 is 0 Å². The van der Waals surface area contributed by atoms with Gasteiger partial charge in [-0.05, 0) is 6.42 Å². The lowest BCUT2D eigenvalue weighted by molar-refractivity contribution is 0.129. The van der Waals surface area contributed by atoms with Gasteiger partial charge in [0.15, 0.2) is 0 Å². The van der Waals surface area contributed by atoms with Crippen molar-refractivity contribution < 1.29 is 115 Å². The van der Waals surface area contributed by atoms with Crippen molar-refractivity contribution in [2.24, 2.45) is 16.9 Å². The van der Waals surface area contributed by atoms with E-state index in [0.29, 0.717) is 0 Å². The van der Waals surface area contributed by atoms with Crippen LogP contribution in [-0.4, -0.2) is 131 Å². The third-order valence-corrected chi connectivity index (χ3v) is 16.8. The van der Waals surface area contributed by atoms with Gasteiger partial charge >= 0.3 is 60.8 Å². The van der Waals surface area contributed by atoms with Gasteiger partial charge in [-0.3, -0.25) is 36.5 Å². The highest BCUT2D eigenvalue weighted by Gasteiger charge is 2.69. The van der Waals surface area contributed by atoms with E-state index in [2.05, 4.69) is 0 Å². The maximum Gasteiger partial charge on any atom is 0.332 e. The fourth-order valence-corrected chi connectivity index (χ4v) is 18.3. The summed E-state index contributed by atoms with van der Waals surface area (Å²) in [5, 5.41) is 0. The van der Waals surface area contributed by atoms with E-state index in [-0.39, 0.29) is 0 Å². The maximum atomic E-state index is 12.8. The number of hydrogen-bond acceptors (Lipinski definition) is 10. The third-order valence-electron chi connectivity index (χ3n) is 6.36. The van der Waals surface area contributed by atoms with Crippen LogP contribution in [0.1, 0.15) is 6.42 Å². The molecule has 0 spiro atoms. The Morgan fingerprint density at radius 3 is 0.711 bits per heavy atom. The second-order valence-electron chi connectivity index (χ2n) is 10.2. The minimum atomic E-state index is -6.71. The molecule has 0 heterocycles. The lowest BCUT2D eigenvalue weighted by Crippen LogP contribution is -2.68. The molecule has 0 fully saturated rings. The average molecular weight is 826 g/mol. The Morgan fingerprint density at radius 1 is 0.378 bits per heavy atom. The Kier molecular flexibility index (Phi) is 14.8. The molecule has 45 heavy (non-hydrogen) atoms. The van der Waals surface area contributed by atoms with E-state index in [4.69, 9.17) is 11.5 Å². The zero-order valence-corrected chi connectivity index (χ0v) is 29.2. The van der Waals surface area contributed by atoms with Crippen LogP contribution < -0.4 is 11.5 Å². The van der Waals surface area contributed by atoms with Crippen LogP contribution in [0, 0.1) is 5.41 Å². The first-order valence-corrected chi connectivity index (χ1v) is 24.9. The Morgan fingerprint density at radius 2 is 0.556 bits per heavy atom. The summed E-state index contributed by atoms with van der Waals surface area (Å²) in [5.41, 5.74) is -11.7. The first kappa shape index (κ1) is 46.1. The molecule has 0 aliphatic heterocycles. The molecule has 0 bridgehead atoms. The molecule has 0 saturated heterocycles. The van der Waals surface area contributed by atoms with Gasteiger partial charge in [0, 0.05) is 5.41 Å². The van der Waals surface area contributed by atoms with E-state index in [0.717, 1.165) is 0 Å². The smallest absolute Gasteiger partial charge is 0.324 e. The summed E-state index contributed by atoms with van der Waals surface area (Å²) in [6.07, 6.45) is -12.1. The topological polar surface area (TPSA) is 512 Å². The van der Waals surface area contributed by atoms with Gasteiger partial charge in [-0.25, -0.2) is 0 Å². The third kappa shape index (κ3) is 14.9. The quantitative estimate of drug-likeness (QED) is 0.0461. The minimum absolute atomic E-state index is 2.13. The van der Waals surface area contributed by atoms with Crippen molar-refractivity contribution in [2.75, 3.05) is 24.6 Å². The van der Waals surface area contributed by atoms with Crippen molar-refractivity contribution in [1.29, 1.82) is 0 Å². The van der Waals surface area contributed by atoms with Gasteiger partial charge in [-0.2, -0.15) is 0 Å². The minimum Gasteiger partial charge on any atom is -0.324 e. The zero-order chi connectivity index (χ0) is 36.8. The second-order valence-corrected chi connectivity index (χ2v) is 24.2. The van der Waals surface area contributed by atoms with Crippen molar-refractivity contribution in [3.8, 4) is 0 Å². The molecule has 0 saturated carbocycles. The van der Waals surface area contributed by atoms with Crippen LogP contribution in [-0.2, 0) is 36.5 Å². The molecular weight excluding hydrogens is 792 g/mol. The standard InChI is InChI=1S/C11H34N2O24P8/c12-11(13,9(45(35,36)37)4-41(23,24)25)5-10(6(42(26,27)28)1-38(14,15)16,7(43(29,30)31)2-39(17,18)19)8(44(32,33)34)3-40(20,21)22/h6-9H,1-5,12-13H2,(H2,14,15,16)(H2,17,18,19)(H2,20,21,22)(H2,23,24,25)(H2,26,27,28)(H2,29,30,31)(H2,32,33,34)(H2,35,36,37). The predicted octanol–water partition coefficient (Wildman–Crippen LogP) is -4.13. The SMILES string of the molecule is NC(N)(CC(C(CP(=O)(O)O)P(=O)(O)O)(C(CP(=O)(O)O)P(=O)(O)O)C(CP(=O)(O)O)P(=O)(O)O)C(CP(=O)(O)O)P(=O)(O)O. The van der Waals surface area contributed by atoms with Gasteiger partial charge in [0.1, 0.15) is 5.66 Å². The number of rotatable bonds is 18. The van der Waals surface area contributed by atoms with E-state index < -0.39 is 126 Å². The first-order valence-electron chi connectivity index (χ1n) is 11.0. The summed E-state index contributed by atoms with van der Waals surface area (Å²) < 4.78 is 98.7. The van der Waals surface area contributed by atoms with E-state index in [1.54, 1.807) is 0 Å². The lowest BCUT2D eigenvalue weighted by atomic mass is 9.71. The molecule has 0 aromatic carbocycles. The van der Waals surface area contributed by atoms with Gasteiger partial charge in [0.05, 0.1) is 47.3 Å². The van der Waals surface area contributed by atoms with Gasteiger partial charge in [0.25, 0.3) is 0 Å². The van der Waals surface area contributed by atoms with Crippen molar-refractivity contribution in [3.05, 3.63) is 0 Å². The highest BCUT2D eigenvalue weighted by atomic mass is 31.2. The lowest BCUT2D eigenvalue weighted by Gasteiger charge is -2.54. The summed E-state index contributed by atoms with van der Waals surface area (Å²) in [4.78, 5) is 157. The Hall–Kier alpha value is 1.12. The largest absolute Gasteiger partial charge is 0.332 e. The van der Waals surface area contributed by atoms with Crippen LogP contribution in [0.4, 0.5) is 0 Å². The number of nitrogens with two attached hydrogens (primary N) is 2. The molecule has 0 aromatic rings. The van der Waals surface area contributed by atoms with E-state index in [9.17, 15) is 115 Å². The number of hydrogen-bond donors (Lipinski definition) is 18. The fraction of sp³-hybridized carbons (Fsp3) is 1.00. The molecule has 34 heteroatoms. The Labute approximate surface area is 251 Å². The van der Waals surface area contributed by atoms with Crippen LogP contribution in [0.2, 0.25) is 0 Å². The first-order chi connectivity index (χ1) is 19.1. The van der Waals surface area contributed by atoms with Crippen LogP contribution in [0.25, 0.3) is 0 Å². The summed E-state index contributed by atoms with van der Waals surface area (Å²) in [5.74, 6) is 0. The van der Waals surface area contributed by atoms with Crippen molar-refractivity contribution in [1.82, 2.24) is 0 Å². The molecular formula is C11H34N2O24P8. The molecule has 0 aliphatic rings. The van der Waals surface area contributed by atoms with Crippen LogP contribution in [0.3, 0.4) is 0 Å². The molecule has 272 valence electrons. The highest BCUT2D eigenvalue weighted by Crippen LogP contribution is 2.72. The van der Waals surface area contributed by atoms with Gasteiger partial charge in [-0.1, -0.05) is 0 Å². The average Bonchev–Trinajstić information content (AvgIpc) is 2.65. The molecule has 26 nitrogen and oxygen atoms in total. The molecule has 20 N–H and O–H groups in total. The Balaban J connectivity index is 9.04. The highest BCUT2D eigenvalue weighted by molar-refractivity contribution is 7.59. The van der Waals surface area contributed by atoms with Crippen molar-refractivity contribution in [3.63, 3.8) is 0 Å². The Bertz CT molecular complexity index is 1320. The van der Waals surface area contributed by atoms with Crippen LogP contribution in [0.15, 0.2) is 0 Å².